The van der Waals surface area contributed by atoms with E-state index in [0.717, 1.165) is 35.2 Å². The molecule has 0 spiro atoms. The minimum atomic E-state index is -2.33. The Kier molecular flexibility index (Phi) is 6.57. The van der Waals surface area contributed by atoms with Gasteiger partial charge >= 0.3 is 0 Å². The number of nitrogens with zero attached hydrogens (tertiary/aromatic N) is 1. The van der Waals surface area contributed by atoms with Crippen molar-refractivity contribution in [3.05, 3.63) is 28.2 Å². The third kappa shape index (κ3) is 4.90. The molecule has 1 N–H and O–H groups in total. The van der Waals surface area contributed by atoms with E-state index >= 15 is 0 Å². The molecular formula is C13H19BrF2N2. The molecule has 0 aliphatic carbocycles. The first kappa shape index (κ1) is 15.4. The molecule has 0 fully saturated rings. The summed E-state index contributed by atoms with van der Waals surface area (Å²) in [6, 6.07) is 5.81. The van der Waals surface area contributed by atoms with Crippen molar-refractivity contribution in [1.29, 1.82) is 0 Å². The Labute approximate surface area is 115 Å². The van der Waals surface area contributed by atoms with Crippen LogP contribution in [0.25, 0.3) is 0 Å². The van der Waals surface area contributed by atoms with Gasteiger partial charge in [-0.05, 0) is 46.6 Å². The van der Waals surface area contributed by atoms with Crippen LogP contribution in [0.2, 0.25) is 0 Å². The fourth-order valence-corrected chi connectivity index (χ4v) is 2.41. The summed E-state index contributed by atoms with van der Waals surface area (Å²) >= 11 is 3.43. The Balaban J connectivity index is 2.67. The zero-order valence-electron chi connectivity index (χ0n) is 10.7. The maximum absolute atomic E-state index is 12.3. The van der Waals surface area contributed by atoms with Crippen LogP contribution in [0.5, 0.6) is 0 Å². The highest BCUT2D eigenvalue weighted by Crippen LogP contribution is 2.27. The van der Waals surface area contributed by atoms with Crippen molar-refractivity contribution in [2.45, 2.75) is 26.3 Å². The molecular weight excluding hydrogens is 302 g/mol. The number of anilines is 1. The molecule has 18 heavy (non-hydrogen) atoms. The Bertz CT molecular complexity index is 372. The first-order valence-corrected chi connectivity index (χ1v) is 6.82. The van der Waals surface area contributed by atoms with Crippen LogP contribution in [0.1, 0.15) is 18.9 Å². The van der Waals surface area contributed by atoms with Gasteiger partial charge in [0.05, 0.1) is 12.2 Å². The molecule has 1 rings (SSSR count). The molecule has 0 aliphatic rings. The van der Waals surface area contributed by atoms with Gasteiger partial charge in [-0.2, -0.15) is 0 Å². The highest BCUT2D eigenvalue weighted by Gasteiger charge is 2.11. The monoisotopic (exact) mass is 320 g/mol. The van der Waals surface area contributed by atoms with Crippen molar-refractivity contribution in [1.82, 2.24) is 5.32 Å². The van der Waals surface area contributed by atoms with Gasteiger partial charge in [-0.25, -0.2) is 8.78 Å². The number of nitrogens with one attached hydrogen (secondary N) is 1. The lowest BCUT2D eigenvalue weighted by molar-refractivity contribution is 0.156. The lowest BCUT2D eigenvalue weighted by Gasteiger charge is -2.20. The second-order valence-electron chi connectivity index (χ2n) is 4.23. The van der Waals surface area contributed by atoms with E-state index in [1.807, 2.05) is 18.2 Å². The first-order valence-electron chi connectivity index (χ1n) is 6.03. The Morgan fingerprint density at radius 2 is 2.11 bits per heavy atom. The lowest BCUT2D eigenvalue weighted by atomic mass is 10.2. The topological polar surface area (TPSA) is 15.3 Å². The molecule has 0 atom stereocenters. The summed E-state index contributed by atoms with van der Waals surface area (Å²) < 4.78 is 25.5. The van der Waals surface area contributed by atoms with Crippen molar-refractivity contribution in [2.24, 2.45) is 0 Å². The highest BCUT2D eigenvalue weighted by molar-refractivity contribution is 9.10. The maximum atomic E-state index is 12.3. The maximum Gasteiger partial charge on any atom is 0.255 e. The minimum absolute atomic E-state index is 0.258. The van der Waals surface area contributed by atoms with Crippen molar-refractivity contribution in [3.63, 3.8) is 0 Å². The van der Waals surface area contributed by atoms with Crippen LogP contribution < -0.4 is 10.2 Å². The average molecular weight is 321 g/mol. The van der Waals surface area contributed by atoms with E-state index in [1.165, 1.54) is 0 Å². The van der Waals surface area contributed by atoms with Crippen LogP contribution in [-0.4, -0.2) is 26.6 Å². The van der Waals surface area contributed by atoms with Gasteiger partial charge in [0.25, 0.3) is 6.43 Å². The van der Waals surface area contributed by atoms with Gasteiger partial charge in [0, 0.05) is 18.1 Å². The number of rotatable bonds is 7. The van der Waals surface area contributed by atoms with Gasteiger partial charge in [-0.1, -0.05) is 13.0 Å². The van der Waals surface area contributed by atoms with Gasteiger partial charge in [0.1, 0.15) is 0 Å². The SMILES string of the molecule is CCCNCc1ccc(N(C)CC(F)F)c(Br)c1. The predicted molar refractivity (Wildman–Crippen MR) is 75.4 cm³/mol. The van der Waals surface area contributed by atoms with E-state index < -0.39 is 6.43 Å². The largest absolute Gasteiger partial charge is 0.368 e. The van der Waals surface area contributed by atoms with E-state index in [4.69, 9.17) is 0 Å². The van der Waals surface area contributed by atoms with E-state index in [2.05, 4.69) is 28.2 Å². The molecule has 0 bridgehead atoms. The lowest BCUT2D eigenvalue weighted by Crippen LogP contribution is -2.24. The third-order valence-electron chi connectivity index (χ3n) is 2.59. The molecule has 0 saturated carbocycles. The smallest absolute Gasteiger partial charge is 0.255 e. The third-order valence-corrected chi connectivity index (χ3v) is 3.23. The fourth-order valence-electron chi connectivity index (χ4n) is 1.68. The summed E-state index contributed by atoms with van der Waals surface area (Å²) in [5, 5.41) is 3.31. The predicted octanol–water partition coefficient (Wildman–Crippen LogP) is 3.65. The summed E-state index contributed by atoms with van der Waals surface area (Å²) in [6.45, 7) is 3.63. The normalized spacial score (nSPS) is 11.0. The summed E-state index contributed by atoms with van der Waals surface area (Å²) in [5.41, 5.74) is 1.93. The standard InChI is InChI=1S/C13H19BrF2N2/c1-3-6-17-8-10-4-5-12(11(14)7-10)18(2)9-13(15)16/h4-5,7,13,17H,3,6,8-9H2,1-2H3. The molecule has 5 heteroatoms. The zero-order valence-corrected chi connectivity index (χ0v) is 12.3. The average Bonchev–Trinajstić information content (AvgIpc) is 2.28. The zero-order chi connectivity index (χ0) is 13.5. The molecule has 0 unspecified atom stereocenters. The van der Waals surface area contributed by atoms with Crippen LogP contribution >= 0.6 is 15.9 Å². The molecule has 2 nitrogen and oxygen atoms in total. The highest BCUT2D eigenvalue weighted by atomic mass is 79.9. The summed E-state index contributed by atoms with van der Waals surface area (Å²) in [6.07, 6.45) is -1.23. The van der Waals surface area contributed by atoms with Gasteiger partial charge in [-0.15, -0.1) is 0 Å². The summed E-state index contributed by atoms with van der Waals surface area (Å²) in [7, 11) is 1.67. The van der Waals surface area contributed by atoms with E-state index in [-0.39, 0.29) is 6.54 Å². The number of hydrogen-bond donors (Lipinski definition) is 1. The molecule has 0 saturated heterocycles. The van der Waals surface area contributed by atoms with Crippen LogP contribution in [0.15, 0.2) is 22.7 Å². The van der Waals surface area contributed by atoms with Crippen LogP contribution in [0, 0.1) is 0 Å². The Hall–Kier alpha value is -0.680. The summed E-state index contributed by atoms with van der Waals surface area (Å²) in [5.74, 6) is 0. The van der Waals surface area contributed by atoms with Gasteiger partial charge in [-0.3, -0.25) is 0 Å². The van der Waals surface area contributed by atoms with E-state index in [9.17, 15) is 8.78 Å². The number of alkyl halides is 2. The molecule has 0 aliphatic heterocycles. The van der Waals surface area contributed by atoms with Crippen molar-refractivity contribution < 1.29 is 8.78 Å². The first-order chi connectivity index (χ1) is 8.54. The number of hydrogen-bond acceptors (Lipinski definition) is 2. The van der Waals surface area contributed by atoms with Crippen LogP contribution in [-0.2, 0) is 6.54 Å². The fraction of sp³-hybridized carbons (Fsp3) is 0.538. The van der Waals surface area contributed by atoms with Crippen LogP contribution in [0.3, 0.4) is 0 Å². The second kappa shape index (κ2) is 7.69. The van der Waals surface area contributed by atoms with Gasteiger partial charge < -0.3 is 10.2 Å². The number of halogens is 3. The quantitative estimate of drug-likeness (QED) is 0.771. The van der Waals surface area contributed by atoms with Crippen molar-refractivity contribution >= 4 is 21.6 Å². The van der Waals surface area contributed by atoms with E-state index in [1.54, 1.807) is 11.9 Å². The molecule has 1 aromatic rings. The van der Waals surface area contributed by atoms with Gasteiger partial charge in [0.15, 0.2) is 0 Å². The second-order valence-corrected chi connectivity index (χ2v) is 5.09. The Morgan fingerprint density at radius 3 is 2.67 bits per heavy atom. The van der Waals surface area contributed by atoms with Crippen LogP contribution in [0.4, 0.5) is 14.5 Å². The molecule has 0 heterocycles. The van der Waals surface area contributed by atoms with Crippen molar-refractivity contribution in [2.75, 3.05) is 25.0 Å². The van der Waals surface area contributed by atoms with E-state index in [0.29, 0.717) is 0 Å². The Morgan fingerprint density at radius 1 is 1.39 bits per heavy atom. The number of benzene rings is 1. The molecule has 0 radical (unpaired) electrons. The molecule has 0 amide bonds. The molecule has 0 aromatic heterocycles. The molecule has 102 valence electrons. The van der Waals surface area contributed by atoms with Gasteiger partial charge in [0.2, 0.25) is 0 Å². The molecule has 1 aromatic carbocycles. The summed E-state index contributed by atoms with van der Waals surface area (Å²) in [4.78, 5) is 1.55. The van der Waals surface area contributed by atoms with Crippen molar-refractivity contribution in [3.8, 4) is 0 Å². The minimum Gasteiger partial charge on any atom is -0.368 e.